The van der Waals surface area contributed by atoms with Gasteiger partial charge in [-0.05, 0) is 49.9 Å². The Balaban J connectivity index is 1.28. The average molecular weight is 431 g/mol. The van der Waals surface area contributed by atoms with E-state index in [2.05, 4.69) is 15.6 Å². The molecule has 3 N–H and O–H groups in total. The molecular formula is C24H25N5O3. The van der Waals surface area contributed by atoms with Gasteiger partial charge in [-0.3, -0.25) is 14.4 Å². The van der Waals surface area contributed by atoms with Crippen LogP contribution in [0, 0.1) is 0 Å². The van der Waals surface area contributed by atoms with E-state index >= 15 is 0 Å². The van der Waals surface area contributed by atoms with Crippen LogP contribution in [-0.4, -0.2) is 45.2 Å². The van der Waals surface area contributed by atoms with E-state index in [9.17, 15) is 14.4 Å². The number of amides is 3. The van der Waals surface area contributed by atoms with Crippen LogP contribution in [-0.2, 0) is 9.59 Å². The molecule has 0 unspecified atom stereocenters. The summed E-state index contributed by atoms with van der Waals surface area (Å²) in [5, 5.41) is 5.56. The van der Waals surface area contributed by atoms with Gasteiger partial charge in [0.25, 0.3) is 5.91 Å². The van der Waals surface area contributed by atoms with Gasteiger partial charge in [-0.2, -0.15) is 0 Å². The number of hydrogen-bond donors (Lipinski definition) is 3. The van der Waals surface area contributed by atoms with Gasteiger partial charge in [0.2, 0.25) is 11.8 Å². The minimum Gasteiger partial charge on any atom is -0.340 e. The summed E-state index contributed by atoms with van der Waals surface area (Å²) >= 11 is 0. The fourth-order valence-corrected chi connectivity index (χ4v) is 4.57. The van der Waals surface area contributed by atoms with Crippen molar-refractivity contribution in [2.24, 2.45) is 0 Å². The third kappa shape index (κ3) is 3.84. The molecule has 8 heteroatoms. The normalized spacial score (nSPS) is 20.9. The maximum absolute atomic E-state index is 13.2. The van der Waals surface area contributed by atoms with Gasteiger partial charge in [-0.25, -0.2) is 4.98 Å². The molecule has 3 aromatic rings. The number of carbonyl (C=O) groups excluding carboxylic acids is 3. The molecule has 3 heterocycles. The Morgan fingerprint density at radius 3 is 2.75 bits per heavy atom. The number of benzene rings is 2. The van der Waals surface area contributed by atoms with Crippen LogP contribution in [0.3, 0.4) is 0 Å². The molecule has 2 aliphatic heterocycles. The van der Waals surface area contributed by atoms with Gasteiger partial charge in [-0.15, -0.1) is 0 Å². The van der Waals surface area contributed by atoms with Crippen LogP contribution in [0.4, 0.5) is 5.69 Å². The molecule has 32 heavy (non-hydrogen) atoms. The van der Waals surface area contributed by atoms with E-state index in [0.717, 1.165) is 36.1 Å². The molecular weight excluding hydrogens is 406 g/mol. The third-order valence-corrected chi connectivity index (χ3v) is 6.24. The maximum atomic E-state index is 13.2. The monoisotopic (exact) mass is 431 g/mol. The first kappa shape index (κ1) is 20.2. The van der Waals surface area contributed by atoms with Crippen LogP contribution in [0.25, 0.3) is 11.0 Å². The summed E-state index contributed by atoms with van der Waals surface area (Å²) in [6.45, 7) is 0.662. The number of aromatic amines is 1. The van der Waals surface area contributed by atoms with Gasteiger partial charge in [0.05, 0.1) is 28.3 Å². The van der Waals surface area contributed by atoms with Gasteiger partial charge in [0.1, 0.15) is 11.9 Å². The Bertz CT molecular complexity index is 1150. The average Bonchev–Trinajstić information content (AvgIpc) is 3.21. The first-order valence-electron chi connectivity index (χ1n) is 11.0. The predicted molar refractivity (Wildman–Crippen MR) is 120 cm³/mol. The molecule has 8 nitrogen and oxygen atoms in total. The van der Waals surface area contributed by atoms with Crippen molar-refractivity contribution in [1.29, 1.82) is 0 Å². The number of fused-ring (bicyclic) bond motifs is 2. The molecule has 1 saturated heterocycles. The lowest BCUT2D eigenvalue weighted by Gasteiger charge is -2.35. The van der Waals surface area contributed by atoms with Crippen molar-refractivity contribution in [2.75, 3.05) is 11.9 Å². The number of nitrogens with one attached hydrogen (secondary N) is 3. The molecule has 2 atom stereocenters. The Kier molecular flexibility index (Phi) is 5.34. The van der Waals surface area contributed by atoms with Crippen molar-refractivity contribution < 1.29 is 14.4 Å². The molecule has 2 aromatic carbocycles. The summed E-state index contributed by atoms with van der Waals surface area (Å²) in [4.78, 5) is 48.3. The third-order valence-electron chi connectivity index (χ3n) is 6.24. The lowest BCUT2D eigenvalue weighted by Crippen LogP contribution is -2.43. The largest absolute Gasteiger partial charge is 0.340 e. The zero-order valence-electron chi connectivity index (χ0n) is 17.6. The minimum atomic E-state index is -0.756. The fourth-order valence-electron chi connectivity index (χ4n) is 4.57. The van der Waals surface area contributed by atoms with E-state index in [0.29, 0.717) is 17.8 Å². The van der Waals surface area contributed by atoms with E-state index in [1.165, 1.54) is 0 Å². The predicted octanol–water partition coefficient (Wildman–Crippen LogP) is 3.15. The van der Waals surface area contributed by atoms with Crippen molar-refractivity contribution in [3.63, 3.8) is 0 Å². The molecule has 164 valence electrons. The zero-order valence-corrected chi connectivity index (χ0v) is 17.6. The molecule has 1 fully saturated rings. The smallest absolute Gasteiger partial charge is 0.254 e. The lowest BCUT2D eigenvalue weighted by atomic mass is 10.00. The van der Waals surface area contributed by atoms with Crippen LogP contribution >= 0.6 is 0 Å². The lowest BCUT2D eigenvalue weighted by molar-refractivity contribution is -0.135. The first-order valence-corrected chi connectivity index (χ1v) is 11.0. The highest BCUT2D eigenvalue weighted by molar-refractivity contribution is 6.09. The summed E-state index contributed by atoms with van der Waals surface area (Å²) in [7, 11) is 0. The van der Waals surface area contributed by atoms with E-state index in [4.69, 9.17) is 4.98 Å². The number of nitrogens with zero attached hydrogens (tertiary/aromatic N) is 2. The van der Waals surface area contributed by atoms with Crippen molar-refractivity contribution in [2.45, 2.75) is 44.2 Å². The second-order valence-corrected chi connectivity index (χ2v) is 8.34. The molecule has 0 radical (unpaired) electrons. The summed E-state index contributed by atoms with van der Waals surface area (Å²) in [5.41, 5.74) is 2.76. The number of aromatic nitrogens is 2. The van der Waals surface area contributed by atoms with Gasteiger partial charge < -0.3 is 20.5 Å². The van der Waals surface area contributed by atoms with Gasteiger partial charge >= 0.3 is 0 Å². The number of rotatable bonds is 4. The number of carbonyl (C=O) groups is 3. The maximum Gasteiger partial charge on any atom is 0.254 e. The SMILES string of the molecule is O=C1N[C@H](CCC(=O)N2CCCC[C@@H]2c2nc3ccccc3[nH]2)C(=O)Nc2ccccc21. The number of hydrogen-bond acceptors (Lipinski definition) is 4. The van der Waals surface area contributed by atoms with E-state index in [1.807, 2.05) is 29.2 Å². The van der Waals surface area contributed by atoms with Crippen LogP contribution in [0.15, 0.2) is 48.5 Å². The van der Waals surface area contributed by atoms with Crippen molar-refractivity contribution >= 4 is 34.4 Å². The zero-order chi connectivity index (χ0) is 22.1. The van der Waals surface area contributed by atoms with Crippen LogP contribution in [0.5, 0.6) is 0 Å². The molecule has 0 spiro atoms. The minimum absolute atomic E-state index is 0.0287. The molecule has 0 saturated carbocycles. The summed E-state index contributed by atoms with van der Waals surface area (Å²) in [5.74, 6) is 0.160. The van der Waals surface area contributed by atoms with Crippen LogP contribution in [0.2, 0.25) is 0 Å². The highest BCUT2D eigenvalue weighted by atomic mass is 16.2. The van der Waals surface area contributed by atoms with Crippen molar-refractivity contribution in [3.8, 4) is 0 Å². The van der Waals surface area contributed by atoms with Gasteiger partial charge in [0, 0.05) is 13.0 Å². The molecule has 3 amide bonds. The van der Waals surface area contributed by atoms with Crippen LogP contribution in [0.1, 0.15) is 54.3 Å². The van der Waals surface area contributed by atoms with Crippen LogP contribution < -0.4 is 10.6 Å². The second-order valence-electron chi connectivity index (χ2n) is 8.34. The van der Waals surface area contributed by atoms with Gasteiger partial charge in [-0.1, -0.05) is 24.3 Å². The number of H-pyrrole nitrogens is 1. The Morgan fingerprint density at radius 1 is 1.06 bits per heavy atom. The Labute approximate surface area is 185 Å². The highest BCUT2D eigenvalue weighted by Crippen LogP contribution is 2.31. The molecule has 0 bridgehead atoms. The quantitative estimate of drug-likeness (QED) is 0.590. The van der Waals surface area contributed by atoms with E-state index in [-0.39, 0.29) is 36.6 Å². The Morgan fingerprint density at radius 2 is 1.88 bits per heavy atom. The second kappa shape index (κ2) is 8.45. The molecule has 2 aliphatic rings. The van der Waals surface area contributed by atoms with Crippen molar-refractivity contribution in [3.05, 3.63) is 59.9 Å². The summed E-state index contributed by atoms with van der Waals surface area (Å²) in [6, 6.07) is 13.9. The van der Waals surface area contributed by atoms with E-state index < -0.39 is 6.04 Å². The van der Waals surface area contributed by atoms with Crippen molar-refractivity contribution in [1.82, 2.24) is 20.2 Å². The number of anilines is 1. The summed E-state index contributed by atoms with van der Waals surface area (Å²) < 4.78 is 0. The number of piperidine rings is 1. The standard InChI is InChI=1S/C24H25N5O3/c30-21(13-12-19-24(32)27-16-8-2-1-7-15(16)23(31)28-19)29-14-6-5-11-20(29)22-25-17-9-3-4-10-18(17)26-22/h1-4,7-10,19-20H,5-6,11-14H2,(H,25,26)(H,27,32)(H,28,31)/t19-,20-/m1/s1. The first-order chi connectivity index (χ1) is 15.6. The highest BCUT2D eigenvalue weighted by Gasteiger charge is 2.32. The summed E-state index contributed by atoms with van der Waals surface area (Å²) in [6.07, 6.45) is 3.24. The van der Waals surface area contributed by atoms with Gasteiger partial charge in [0.15, 0.2) is 0 Å². The number of likely N-dealkylation sites (tertiary alicyclic amines) is 1. The Hall–Kier alpha value is -3.68. The topological polar surface area (TPSA) is 107 Å². The van der Waals surface area contributed by atoms with E-state index in [1.54, 1.807) is 24.3 Å². The number of para-hydroxylation sites is 3. The molecule has 5 rings (SSSR count). The molecule has 0 aliphatic carbocycles. The fraction of sp³-hybridized carbons (Fsp3) is 0.333. The molecule has 1 aromatic heterocycles. The number of imidazole rings is 1.